The van der Waals surface area contributed by atoms with Crippen LogP contribution in [0.25, 0.3) is 10.8 Å². The molecule has 1 aliphatic heterocycles. The Kier molecular flexibility index (Phi) is 4.72. The third-order valence-electron chi connectivity index (χ3n) is 3.80. The number of amides is 1. The highest BCUT2D eigenvalue weighted by atomic mass is 32.2. The van der Waals surface area contributed by atoms with E-state index in [1.165, 1.54) is 12.1 Å². The number of ether oxygens (including phenoxy) is 1. The summed E-state index contributed by atoms with van der Waals surface area (Å²) in [6.07, 6.45) is -4.59. The van der Waals surface area contributed by atoms with Crippen LogP contribution in [-0.2, 0) is 24.3 Å². The standard InChI is InChI=1S/C16H13F3N2O5S/c17-16(18,19)9-20-13(22)8-26-14(23)7-21-11-5-1-3-10-4-2-6-12(15(10)11)27(21,24)25/h1-6H,7-9H2,(H,20,22). The molecule has 1 aliphatic rings. The maximum Gasteiger partial charge on any atom is 0.405 e. The molecule has 2 aromatic carbocycles. The largest absolute Gasteiger partial charge is 0.454 e. The number of halogens is 3. The van der Waals surface area contributed by atoms with Gasteiger partial charge in [0.15, 0.2) is 6.61 Å². The van der Waals surface area contributed by atoms with Crippen LogP contribution in [0.15, 0.2) is 41.3 Å². The molecule has 1 amide bonds. The number of rotatable bonds is 5. The lowest BCUT2D eigenvalue weighted by molar-refractivity contribution is -0.150. The second-order valence-electron chi connectivity index (χ2n) is 5.70. The summed E-state index contributed by atoms with van der Waals surface area (Å²) in [5, 5.41) is 2.69. The first kappa shape index (κ1) is 19.0. The lowest BCUT2D eigenvalue weighted by Gasteiger charge is -2.17. The van der Waals surface area contributed by atoms with Gasteiger partial charge < -0.3 is 10.1 Å². The van der Waals surface area contributed by atoms with Crippen LogP contribution in [0.2, 0.25) is 0 Å². The molecule has 0 aromatic heterocycles. The molecule has 0 aliphatic carbocycles. The Balaban J connectivity index is 1.69. The number of hydrogen-bond acceptors (Lipinski definition) is 5. The highest BCUT2D eigenvalue weighted by Gasteiger charge is 2.37. The van der Waals surface area contributed by atoms with Crippen molar-refractivity contribution in [3.63, 3.8) is 0 Å². The van der Waals surface area contributed by atoms with Crippen molar-refractivity contribution in [3.8, 4) is 0 Å². The van der Waals surface area contributed by atoms with Gasteiger partial charge in [0.25, 0.3) is 15.9 Å². The minimum atomic E-state index is -4.59. The summed E-state index contributed by atoms with van der Waals surface area (Å²) in [5.41, 5.74) is 0.293. The second kappa shape index (κ2) is 6.72. The molecule has 11 heteroatoms. The zero-order valence-corrected chi connectivity index (χ0v) is 14.4. The second-order valence-corrected chi connectivity index (χ2v) is 7.53. The molecule has 0 unspecified atom stereocenters. The SMILES string of the molecule is O=C(COC(=O)CN1c2cccc3cccc(c23)S1(=O)=O)NCC(F)(F)F. The number of benzene rings is 2. The van der Waals surface area contributed by atoms with Gasteiger partial charge in [0.2, 0.25) is 0 Å². The first-order chi connectivity index (χ1) is 12.6. The predicted octanol–water partition coefficient (Wildman–Crippen LogP) is 1.57. The van der Waals surface area contributed by atoms with Gasteiger partial charge in [-0.25, -0.2) is 8.42 Å². The molecule has 1 N–H and O–H groups in total. The molecular formula is C16H13F3N2O5S. The number of carbonyl (C=O) groups is 2. The number of esters is 1. The van der Waals surface area contributed by atoms with E-state index in [1.54, 1.807) is 29.6 Å². The summed E-state index contributed by atoms with van der Waals surface area (Å²) < 4.78 is 66.8. The lowest BCUT2D eigenvalue weighted by Crippen LogP contribution is -2.38. The number of alkyl halides is 3. The summed E-state index contributed by atoms with van der Waals surface area (Å²) in [4.78, 5) is 23.3. The number of anilines is 1. The topological polar surface area (TPSA) is 92.8 Å². The minimum Gasteiger partial charge on any atom is -0.454 e. The highest BCUT2D eigenvalue weighted by Crippen LogP contribution is 2.41. The Bertz CT molecular complexity index is 1020. The molecule has 144 valence electrons. The van der Waals surface area contributed by atoms with Crippen LogP contribution in [0.3, 0.4) is 0 Å². The Morgan fingerprint density at radius 1 is 1.11 bits per heavy atom. The zero-order chi connectivity index (χ0) is 19.8. The zero-order valence-electron chi connectivity index (χ0n) is 13.6. The van der Waals surface area contributed by atoms with E-state index < -0.39 is 47.8 Å². The fraction of sp³-hybridized carbons (Fsp3) is 0.250. The summed E-state index contributed by atoms with van der Waals surface area (Å²) >= 11 is 0. The average Bonchev–Trinajstić information content (AvgIpc) is 2.81. The predicted molar refractivity (Wildman–Crippen MR) is 88.5 cm³/mol. The normalized spacial score (nSPS) is 15.0. The van der Waals surface area contributed by atoms with Crippen molar-refractivity contribution in [1.82, 2.24) is 5.32 Å². The molecule has 0 radical (unpaired) electrons. The van der Waals surface area contributed by atoms with Gasteiger partial charge in [0, 0.05) is 5.39 Å². The fourth-order valence-corrected chi connectivity index (χ4v) is 4.34. The monoisotopic (exact) mass is 402 g/mol. The quantitative estimate of drug-likeness (QED) is 0.767. The van der Waals surface area contributed by atoms with Gasteiger partial charge >= 0.3 is 12.1 Å². The van der Waals surface area contributed by atoms with E-state index in [9.17, 15) is 31.2 Å². The Hall–Kier alpha value is -2.82. The van der Waals surface area contributed by atoms with E-state index in [2.05, 4.69) is 4.74 Å². The van der Waals surface area contributed by atoms with E-state index in [1.807, 2.05) is 0 Å². The van der Waals surface area contributed by atoms with Crippen LogP contribution >= 0.6 is 0 Å². The molecule has 1 heterocycles. The molecular weight excluding hydrogens is 389 g/mol. The van der Waals surface area contributed by atoms with Crippen molar-refractivity contribution < 1.29 is 35.9 Å². The maximum atomic E-state index is 12.7. The Morgan fingerprint density at radius 2 is 1.78 bits per heavy atom. The van der Waals surface area contributed by atoms with Crippen molar-refractivity contribution in [2.24, 2.45) is 0 Å². The molecule has 0 atom stereocenters. The van der Waals surface area contributed by atoms with Crippen LogP contribution in [0.1, 0.15) is 0 Å². The summed E-state index contributed by atoms with van der Waals surface area (Å²) in [7, 11) is -3.98. The molecule has 27 heavy (non-hydrogen) atoms. The maximum absolute atomic E-state index is 12.7. The van der Waals surface area contributed by atoms with E-state index in [0.717, 1.165) is 4.31 Å². The van der Waals surface area contributed by atoms with Crippen molar-refractivity contribution in [2.45, 2.75) is 11.1 Å². The number of nitrogens with zero attached hydrogens (tertiary/aromatic N) is 1. The summed E-state index contributed by atoms with van der Waals surface area (Å²) in [6.45, 7) is -3.20. The van der Waals surface area contributed by atoms with E-state index in [4.69, 9.17) is 0 Å². The fourth-order valence-electron chi connectivity index (χ4n) is 2.69. The Labute approximate surface area is 151 Å². The number of sulfonamides is 1. The highest BCUT2D eigenvalue weighted by molar-refractivity contribution is 7.93. The lowest BCUT2D eigenvalue weighted by atomic mass is 10.1. The van der Waals surface area contributed by atoms with Crippen LogP contribution in [0.5, 0.6) is 0 Å². The molecule has 0 spiro atoms. The average molecular weight is 402 g/mol. The smallest absolute Gasteiger partial charge is 0.405 e. The van der Waals surface area contributed by atoms with Crippen molar-refractivity contribution in [3.05, 3.63) is 36.4 Å². The van der Waals surface area contributed by atoms with Gasteiger partial charge in [0.1, 0.15) is 13.1 Å². The third kappa shape index (κ3) is 3.82. The minimum absolute atomic E-state index is 0.0475. The molecule has 0 fully saturated rings. The van der Waals surface area contributed by atoms with E-state index >= 15 is 0 Å². The molecule has 2 aromatic rings. The third-order valence-corrected chi connectivity index (χ3v) is 5.61. The number of carbonyl (C=O) groups excluding carboxylic acids is 2. The van der Waals surface area contributed by atoms with Crippen LogP contribution in [-0.4, -0.2) is 46.2 Å². The van der Waals surface area contributed by atoms with Gasteiger partial charge in [-0.15, -0.1) is 0 Å². The summed E-state index contributed by atoms with van der Waals surface area (Å²) in [5.74, 6) is -2.21. The van der Waals surface area contributed by atoms with Crippen LogP contribution < -0.4 is 9.62 Å². The van der Waals surface area contributed by atoms with Crippen molar-refractivity contribution in [2.75, 3.05) is 24.0 Å². The van der Waals surface area contributed by atoms with Gasteiger partial charge in [-0.2, -0.15) is 13.2 Å². The van der Waals surface area contributed by atoms with E-state index in [-0.39, 0.29) is 4.90 Å². The number of hydrogen-bond donors (Lipinski definition) is 1. The van der Waals surface area contributed by atoms with Gasteiger partial charge in [-0.3, -0.25) is 13.9 Å². The first-order valence-corrected chi connectivity index (χ1v) is 9.07. The van der Waals surface area contributed by atoms with Crippen molar-refractivity contribution in [1.29, 1.82) is 0 Å². The van der Waals surface area contributed by atoms with Crippen LogP contribution in [0, 0.1) is 0 Å². The van der Waals surface area contributed by atoms with Crippen LogP contribution in [0.4, 0.5) is 18.9 Å². The van der Waals surface area contributed by atoms with Gasteiger partial charge in [-0.1, -0.05) is 24.3 Å². The number of nitrogens with one attached hydrogen (secondary N) is 1. The van der Waals surface area contributed by atoms with E-state index in [0.29, 0.717) is 16.5 Å². The molecule has 3 rings (SSSR count). The molecule has 0 saturated carbocycles. The van der Waals surface area contributed by atoms with Crippen molar-refractivity contribution >= 4 is 38.4 Å². The van der Waals surface area contributed by atoms with Gasteiger partial charge in [-0.05, 0) is 17.5 Å². The molecule has 7 nitrogen and oxygen atoms in total. The molecule has 0 saturated heterocycles. The first-order valence-electron chi connectivity index (χ1n) is 7.63. The Morgan fingerprint density at radius 3 is 2.44 bits per heavy atom. The summed E-state index contributed by atoms with van der Waals surface area (Å²) in [6, 6.07) is 9.60. The van der Waals surface area contributed by atoms with Gasteiger partial charge in [0.05, 0.1) is 10.6 Å². The molecule has 0 bridgehead atoms.